The summed E-state index contributed by atoms with van der Waals surface area (Å²) in [6.45, 7) is 8.86. The van der Waals surface area contributed by atoms with Crippen LogP contribution in [0.1, 0.15) is 47.2 Å². The van der Waals surface area contributed by atoms with Crippen molar-refractivity contribution in [3.05, 3.63) is 45.9 Å². The molecule has 158 valence electrons. The molecule has 2 atom stereocenters. The molecule has 8 heteroatoms. The Morgan fingerprint density at radius 3 is 2.62 bits per heavy atom. The zero-order valence-corrected chi connectivity index (χ0v) is 18.8. The highest BCUT2D eigenvalue weighted by molar-refractivity contribution is 7.13. The quantitative estimate of drug-likeness (QED) is 0.389. The molecule has 29 heavy (non-hydrogen) atoms. The summed E-state index contributed by atoms with van der Waals surface area (Å²) in [6, 6.07) is 10.5. The summed E-state index contributed by atoms with van der Waals surface area (Å²) < 4.78 is 5.10. The highest BCUT2D eigenvalue weighted by Gasteiger charge is 2.20. The van der Waals surface area contributed by atoms with Gasteiger partial charge < -0.3 is 20.3 Å². The molecule has 0 fully saturated rings. The summed E-state index contributed by atoms with van der Waals surface area (Å²) in [5, 5.41) is 7.53. The van der Waals surface area contributed by atoms with Gasteiger partial charge >= 0.3 is 5.97 Å². The second-order valence-corrected chi connectivity index (χ2v) is 7.83. The fourth-order valence-corrected chi connectivity index (χ4v) is 3.71. The average molecular weight is 418 g/mol. The molecule has 2 N–H and O–H groups in total. The number of hydrogen-bond acceptors (Lipinski definition) is 6. The lowest BCUT2D eigenvalue weighted by Gasteiger charge is -2.28. The number of carbonyl (C=O) groups is 1. The van der Waals surface area contributed by atoms with Crippen LogP contribution in [-0.2, 0) is 4.74 Å². The molecule has 0 aliphatic carbocycles. The van der Waals surface area contributed by atoms with E-state index in [-0.39, 0.29) is 18.1 Å². The minimum Gasteiger partial charge on any atom is -0.462 e. The summed E-state index contributed by atoms with van der Waals surface area (Å²) in [4.78, 5) is 23.6. The minimum absolute atomic E-state index is 0.0877. The number of hydrogen-bond donors (Lipinski definition) is 2. The van der Waals surface area contributed by atoms with Crippen LogP contribution in [0.4, 0.5) is 5.69 Å². The average Bonchev–Trinajstić information content (AvgIpc) is 3.12. The van der Waals surface area contributed by atoms with Crippen LogP contribution in [0.3, 0.4) is 0 Å². The molecular formula is C21H31N5O2S. The zero-order chi connectivity index (χ0) is 21.4. The van der Waals surface area contributed by atoms with Crippen LogP contribution >= 0.6 is 11.3 Å². The number of ether oxygens (including phenoxy) is 1. The number of para-hydroxylation sites is 1. The molecule has 2 rings (SSSR count). The van der Waals surface area contributed by atoms with Crippen LogP contribution in [0, 0.1) is 6.92 Å². The van der Waals surface area contributed by atoms with Crippen LogP contribution in [0.5, 0.6) is 0 Å². The highest BCUT2D eigenvalue weighted by atomic mass is 32.1. The van der Waals surface area contributed by atoms with Crippen LogP contribution < -0.4 is 15.5 Å². The van der Waals surface area contributed by atoms with E-state index in [9.17, 15) is 4.79 Å². The van der Waals surface area contributed by atoms with Gasteiger partial charge in [0.05, 0.1) is 18.3 Å². The summed E-state index contributed by atoms with van der Waals surface area (Å²) in [7, 11) is 3.82. The van der Waals surface area contributed by atoms with E-state index >= 15 is 0 Å². The summed E-state index contributed by atoms with van der Waals surface area (Å²) in [6.07, 6.45) is 0. The molecule has 0 bridgehead atoms. The maximum atomic E-state index is 12.0. The van der Waals surface area contributed by atoms with E-state index in [0.717, 1.165) is 11.6 Å². The van der Waals surface area contributed by atoms with Crippen molar-refractivity contribution in [3.63, 3.8) is 0 Å². The number of nitrogens with zero attached hydrogens (tertiary/aromatic N) is 3. The van der Waals surface area contributed by atoms with Crippen molar-refractivity contribution in [2.45, 2.75) is 39.8 Å². The predicted molar refractivity (Wildman–Crippen MR) is 120 cm³/mol. The fourth-order valence-electron chi connectivity index (χ4n) is 2.75. The van der Waals surface area contributed by atoms with E-state index in [4.69, 9.17) is 4.74 Å². The third-order valence-corrected chi connectivity index (χ3v) is 5.93. The Labute approximate surface area is 177 Å². The molecule has 0 radical (unpaired) electrons. The lowest BCUT2D eigenvalue weighted by atomic mass is 10.2. The number of rotatable bonds is 8. The number of nitrogens with one attached hydrogen (secondary N) is 2. The van der Waals surface area contributed by atoms with Gasteiger partial charge in [0.2, 0.25) is 0 Å². The largest absolute Gasteiger partial charge is 0.462 e. The first-order valence-corrected chi connectivity index (χ1v) is 10.6. The number of thiazole rings is 1. The normalized spacial score (nSPS) is 13.5. The first-order chi connectivity index (χ1) is 13.9. The van der Waals surface area contributed by atoms with Crippen molar-refractivity contribution in [2.24, 2.45) is 4.99 Å². The number of likely N-dealkylation sites (N-methyl/N-ethyl adjacent to an activating group) is 1. The summed E-state index contributed by atoms with van der Waals surface area (Å²) >= 11 is 1.36. The lowest BCUT2D eigenvalue weighted by Crippen LogP contribution is -2.45. The van der Waals surface area contributed by atoms with Gasteiger partial charge in [-0.25, -0.2) is 9.78 Å². The summed E-state index contributed by atoms with van der Waals surface area (Å²) in [5.41, 5.74) is 1.86. The Bertz CT molecular complexity index is 822. The van der Waals surface area contributed by atoms with E-state index in [1.54, 1.807) is 14.0 Å². The number of anilines is 1. The molecule has 2 unspecified atom stereocenters. The number of guanidine groups is 1. The first-order valence-electron chi connectivity index (χ1n) is 9.76. The van der Waals surface area contributed by atoms with Crippen molar-refractivity contribution >= 4 is 29.0 Å². The van der Waals surface area contributed by atoms with E-state index in [1.165, 1.54) is 17.0 Å². The fraction of sp³-hybridized carbons (Fsp3) is 0.476. The van der Waals surface area contributed by atoms with Crippen LogP contribution in [0.15, 0.2) is 35.3 Å². The maximum Gasteiger partial charge on any atom is 0.350 e. The third kappa shape index (κ3) is 6.19. The third-order valence-electron chi connectivity index (χ3n) is 4.61. The van der Waals surface area contributed by atoms with Crippen molar-refractivity contribution in [1.29, 1.82) is 0 Å². The van der Waals surface area contributed by atoms with Crippen LogP contribution in [-0.4, -0.2) is 50.2 Å². The highest BCUT2D eigenvalue weighted by Crippen LogP contribution is 2.24. The van der Waals surface area contributed by atoms with Gasteiger partial charge in [0, 0.05) is 32.4 Å². The van der Waals surface area contributed by atoms with E-state index in [0.29, 0.717) is 23.1 Å². The maximum absolute atomic E-state index is 12.0. The van der Waals surface area contributed by atoms with Gasteiger partial charge in [-0.05, 0) is 39.8 Å². The van der Waals surface area contributed by atoms with Gasteiger partial charge in [0.25, 0.3) is 0 Å². The van der Waals surface area contributed by atoms with Gasteiger partial charge in [-0.15, -0.1) is 11.3 Å². The molecule has 0 saturated carbocycles. The van der Waals surface area contributed by atoms with Crippen molar-refractivity contribution in [1.82, 2.24) is 15.6 Å². The molecular weight excluding hydrogens is 386 g/mol. The minimum atomic E-state index is -0.318. The molecule has 0 aliphatic heterocycles. The number of aromatic nitrogens is 1. The lowest BCUT2D eigenvalue weighted by molar-refractivity contribution is 0.0531. The Morgan fingerprint density at radius 2 is 2.00 bits per heavy atom. The summed E-state index contributed by atoms with van der Waals surface area (Å²) in [5.74, 6) is 0.373. The molecule has 1 heterocycles. The van der Waals surface area contributed by atoms with Crippen molar-refractivity contribution in [2.75, 3.05) is 32.1 Å². The Hall–Kier alpha value is -2.61. The van der Waals surface area contributed by atoms with Gasteiger partial charge in [-0.3, -0.25) is 4.99 Å². The molecule has 0 saturated heterocycles. The molecule has 1 aromatic heterocycles. The van der Waals surface area contributed by atoms with Gasteiger partial charge in [0.15, 0.2) is 5.96 Å². The number of esters is 1. The van der Waals surface area contributed by atoms with Gasteiger partial charge in [0.1, 0.15) is 9.88 Å². The number of carbonyl (C=O) groups excluding carboxylic acids is 1. The van der Waals surface area contributed by atoms with Crippen LogP contribution in [0.25, 0.3) is 0 Å². The number of aryl methyl sites for hydroxylation is 1. The second-order valence-electron chi connectivity index (χ2n) is 6.80. The molecule has 1 aromatic carbocycles. The molecule has 0 amide bonds. The second kappa shape index (κ2) is 10.8. The van der Waals surface area contributed by atoms with E-state index < -0.39 is 0 Å². The first kappa shape index (κ1) is 22.7. The molecule has 0 spiro atoms. The molecule has 7 nitrogen and oxygen atoms in total. The van der Waals surface area contributed by atoms with Crippen molar-refractivity contribution < 1.29 is 9.53 Å². The molecule has 0 aliphatic rings. The molecule has 2 aromatic rings. The van der Waals surface area contributed by atoms with Crippen molar-refractivity contribution in [3.8, 4) is 0 Å². The van der Waals surface area contributed by atoms with E-state index in [2.05, 4.69) is 51.6 Å². The Morgan fingerprint density at radius 1 is 1.31 bits per heavy atom. The number of aliphatic imine (C=N–C) groups is 1. The SMILES string of the molecule is CCOC(=O)c1sc(C(C)NC(=NC)NCC(C)N(C)c2ccccc2)nc1C. The Balaban J connectivity index is 1.94. The van der Waals surface area contributed by atoms with Crippen LogP contribution in [0.2, 0.25) is 0 Å². The van der Waals surface area contributed by atoms with E-state index in [1.807, 2.05) is 32.0 Å². The predicted octanol–water partition coefficient (Wildman–Crippen LogP) is 3.38. The zero-order valence-electron chi connectivity index (χ0n) is 18.0. The van der Waals surface area contributed by atoms with Gasteiger partial charge in [-0.1, -0.05) is 18.2 Å². The van der Waals surface area contributed by atoms with Gasteiger partial charge in [-0.2, -0.15) is 0 Å². The Kier molecular flexibility index (Phi) is 8.45. The smallest absolute Gasteiger partial charge is 0.350 e. The number of benzene rings is 1. The topological polar surface area (TPSA) is 78.8 Å². The standard InChI is InChI=1S/C21H31N5O2S/c1-7-28-20(27)18-15(3)24-19(29-18)16(4)25-21(22-5)23-13-14(2)26(6)17-11-9-8-10-12-17/h8-12,14,16H,7,13H2,1-6H3,(H2,22,23,25). The monoisotopic (exact) mass is 417 g/mol.